The molecule has 6 saturated heterocycles. The Morgan fingerprint density at radius 2 is 0.692 bits per heavy atom. The molecule has 14 fully saturated rings. The molecule has 6 heterocycles. The second kappa shape index (κ2) is 67.1. The van der Waals surface area contributed by atoms with Gasteiger partial charge in [-0.3, -0.25) is 9.59 Å². The third kappa shape index (κ3) is 50.5. The topological polar surface area (TPSA) is 373 Å². The zero-order chi connectivity index (χ0) is 109. The van der Waals surface area contributed by atoms with Crippen LogP contribution in [0.3, 0.4) is 0 Å². The van der Waals surface area contributed by atoms with Gasteiger partial charge < -0.3 is 99.9 Å². The highest BCUT2D eigenvalue weighted by atomic mass is 16.6. The number of aliphatic hydroxyl groups is 12. The van der Waals surface area contributed by atoms with E-state index in [1.54, 1.807) is 13.8 Å². The summed E-state index contributed by atoms with van der Waals surface area (Å²) >= 11 is 0. The molecule has 0 amide bonds. The van der Waals surface area contributed by atoms with Crippen molar-refractivity contribution in [2.75, 3.05) is 52.9 Å². The summed E-state index contributed by atoms with van der Waals surface area (Å²) in [5.41, 5.74) is -2.56. The molecule has 0 aromatic heterocycles. The summed E-state index contributed by atoms with van der Waals surface area (Å²) in [6, 6.07) is 0. The standard InChI is InChI=1S/2C12H24O.C11H22O3.C11H20O2.C11H20O.C10H20O2.C10H18O2.C9H16O3.C9H18O3.2C9H18O.C8H16O2/c1-9(2)10-5-7-11(8-6-10)12(3,4)13;1-9(2)10-6-5-7-11(8-10)12(3,4)13;1-7(2)8-5-9(12)10(14-6-8)11(3,4)13;1-8(2)10-5-3-9(4-6-10)7-11(12)13;1-7(2)8-3-4-10-9(8)5-6-11(10)12;1-7(2)8-5-9(12-6-8)10(3,4)11;1-7(2)8-3-5-9(6-4-8)10(11)12;1-5(2)6-3-11-9-7(10)4-12-8(6)9;1-6(2)7-3-8(11)9(4-10)12-5-7;1-7(2)8-3-5-9(10)6-4-8;1-7(2)8-4-3-5-9(10)6-8;1-6(2)7-3-8(4-9)10-5-7/h2*9-11,13H,5-8H2,1-4H3;7-10,12-13H,5-6H2,1-4H3;8-10H,3-7H2,1-2H3,(H,12,13);7-12H,3-6H2,1-2H3;7-9,11H,5-6H2,1-4H3;7-9H,3-6H2,1-2H3,(H,11,12);5-10H,3-4H2,1-2H3;6-11H,3-5H2,1-2H3;2*7-10H,3-6H2,1-2H3;6-9H,3-5H2,1-2H3. The van der Waals surface area contributed by atoms with Crippen LogP contribution in [0.4, 0.5) is 0 Å². The summed E-state index contributed by atoms with van der Waals surface area (Å²) in [5, 5.41) is 131. The lowest BCUT2D eigenvalue weighted by Gasteiger charge is -2.40. The van der Waals surface area contributed by atoms with Gasteiger partial charge in [0.05, 0.1) is 130 Å². The molecule has 850 valence electrons. The lowest BCUT2D eigenvalue weighted by molar-refractivity contribution is -0.179. The SMILES string of the molecule is CC(C)C1CCC(C(=O)O)CC1.CC(C)C1CCC(C(C)(C)O)CC1.CC(C)C1CCC(CC(=O)O)CC1.CC(C)C1CCC(O)CC1.CC(C)C1CCC2C(O)CCC12.CC(C)C1CCCC(C(C)(C)O)C1.CC(C)C1CCCC(O)C1.CC(C)C1COC(C(C)(C)O)C(O)C1.CC(C)C1COC(C(C)(C)O)C1.CC(C)C1COC(CO)C(O)C1.CC(C)C1COC(CO)C1.CC(C)C1COC2C(O)COC12. The summed E-state index contributed by atoms with van der Waals surface area (Å²) in [6.07, 6.45) is 34.9. The van der Waals surface area contributed by atoms with E-state index >= 15 is 0 Å². The Labute approximate surface area is 876 Å². The van der Waals surface area contributed by atoms with Crippen molar-refractivity contribution < 1.29 is 110 Å². The highest BCUT2D eigenvalue weighted by Crippen LogP contribution is 2.51. The Morgan fingerprint density at radius 3 is 1.07 bits per heavy atom. The lowest BCUT2D eigenvalue weighted by Crippen LogP contribution is -2.51. The molecule has 0 radical (unpaired) electrons. The van der Waals surface area contributed by atoms with Crippen molar-refractivity contribution in [2.45, 2.75) is 529 Å². The van der Waals surface area contributed by atoms with Gasteiger partial charge in [0.15, 0.2) is 0 Å². The van der Waals surface area contributed by atoms with Gasteiger partial charge >= 0.3 is 11.9 Å². The van der Waals surface area contributed by atoms with Gasteiger partial charge in [0.25, 0.3) is 0 Å². The Balaban J connectivity index is 0.000000401. The number of fused-ring (bicyclic) bond motifs is 2. The van der Waals surface area contributed by atoms with Crippen LogP contribution in [-0.2, 0) is 38.0 Å². The molecule has 14 N–H and O–H groups in total. The second-order valence-electron chi connectivity index (χ2n) is 53.7. The van der Waals surface area contributed by atoms with E-state index in [0.717, 1.165) is 205 Å². The number of aliphatic hydroxyl groups excluding tert-OH is 8. The average Bonchev–Trinajstić information content (AvgIpc) is 1.65. The normalized spacial score (nSPS) is 35.1. The quantitative estimate of drug-likeness (QED) is 0.0507. The van der Waals surface area contributed by atoms with E-state index in [4.69, 9.17) is 48.8 Å². The van der Waals surface area contributed by atoms with Crippen molar-refractivity contribution in [2.24, 2.45) is 178 Å². The van der Waals surface area contributed by atoms with Crippen molar-refractivity contribution in [3.8, 4) is 0 Å². The third-order valence-electron chi connectivity index (χ3n) is 36.7. The Kier molecular flexibility index (Phi) is 63.5. The molecule has 22 atom stereocenters. The third-order valence-corrected chi connectivity index (χ3v) is 36.7. The molecule has 14 rings (SSSR count). The minimum Gasteiger partial charge on any atom is -0.481 e. The van der Waals surface area contributed by atoms with Crippen molar-refractivity contribution in [3.63, 3.8) is 0 Å². The Bertz CT molecular complexity index is 3160. The second-order valence-corrected chi connectivity index (χ2v) is 53.7. The van der Waals surface area contributed by atoms with Crippen LogP contribution in [0.5, 0.6) is 0 Å². The first kappa shape index (κ1) is 135. The van der Waals surface area contributed by atoms with Gasteiger partial charge in [0.1, 0.15) is 24.4 Å². The predicted molar refractivity (Wildman–Crippen MR) is 582 cm³/mol. The number of aliphatic carboxylic acids is 2. The van der Waals surface area contributed by atoms with Crippen molar-refractivity contribution in [1.82, 2.24) is 0 Å². The molecule has 22 unspecified atom stereocenters. The summed E-state index contributed by atoms with van der Waals surface area (Å²) in [6.45, 7) is 72.7. The summed E-state index contributed by atoms with van der Waals surface area (Å²) in [5.74, 6) is 18.7. The van der Waals surface area contributed by atoms with Crippen LogP contribution in [0.15, 0.2) is 0 Å². The van der Waals surface area contributed by atoms with Crippen molar-refractivity contribution in [1.29, 1.82) is 0 Å². The van der Waals surface area contributed by atoms with Crippen LogP contribution < -0.4 is 0 Å². The number of ether oxygens (including phenoxy) is 6. The summed E-state index contributed by atoms with van der Waals surface area (Å²) in [4.78, 5) is 21.1. The maximum Gasteiger partial charge on any atom is 0.306 e. The van der Waals surface area contributed by atoms with Crippen LogP contribution >= 0.6 is 0 Å². The fraction of sp³-hybridized carbons (Fsp3) is 0.983. The molecule has 8 saturated carbocycles. The van der Waals surface area contributed by atoms with Crippen LogP contribution in [-0.4, -0.2) is 232 Å². The summed E-state index contributed by atoms with van der Waals surface area (Å²) < 4.78 is 32.7. The molecule has 6 aliphatic heterocycles. The van der Waals surface area contributed by atoms with Crippen LogP contribution in [0, 0.1) is 178 Å². The first-order valence-corrected chi connectivity index (χ1v) is 58.8. The molecule has 22 heteroatoms. The van der Waals surface area contributed by atoms with E-state index in [9.17, 15) is 60.7 Å². The first-order chi connectivity index (χ1) is 66.4. The van der Waals surface area contributed by atoms with Gasteiger partial charge in [-0.05, 0) is 401 Å². The smallest absolute Gasteiger partial charge is 0.306 e. The monoisotopic (exact) mass is 2040 g/mol. The molecule has 143 heavy (non-hydrogen) atoms. The fourth-order valence-electron chi connectivity index (χ4n) is 24.8. The van der Waals surface area contributed by atoms with Crippen molar-refractivity contribution in [3.05, 3.63) is 0 Å². The van der Waals surface area contributed by atoms with Crippen LogP contribution in [0.2, 0.25) is 0 Å². The molecule has 22 nitrogen and oxygen atoms in total. The largest absolute Gasteiger partial charge is 0.481 e. The molecule has 0 spiro atoms. The van der Waals surface area contributed by atoms with Gasteiger partial charge in [-0.15, -0.1) is 0 Å². The minimum absolute atomic E-state index is 0.00106. The van der Waals surface area contributed by atoms with E-state index < -0.39 is 58.8 Å². The zero-order valence-electron chi connectivity index (χ0n) is 97.8. The Morgan fingerprint density at radius 1 is 0.287 bits per heavy atom. The number of hydrogen-bond donors (Lipinski definition) is 14. The van der Waals surface area contributed by atoms with E-state index in [2.05, 4.69) is 166 Å². The number of carboxylic acid groups (broad SMARTS) is 2. The number of carbonyl (C=O) groups is 2. The number of carboxylic acids is 2. The highest BCUT2D eigenvalue weighted by Gasteiger charge is 2.49. The van der Waals surface area contributed by atoms with Gasteiger partial charge in [-0.1, -0.05) is 192 Å². The average molecular weight is 2040 g/mol. The fourth-order valence-corrected chi connectivity index (χ4v) is 24.8. The van der Waals surface area contributed by atoms with Crippen molar-refractivity contribution >= 4 is 11.9 Å². The summed E-state index contributed by atoms with van der Waals surface area (Å²) in [7, 11) is 0. The maximum absolute atomic E-state index is 10.6. The number of hydrogen-bond acceptors (Lipinski definition) is 20. The van der Waals surface area contributed by atoms with Gasteiger partial charge in [-0.2, -0.15) is 0 Å². The van der Waals surface area contributed by atoms with Gasteiger partial charge in [0, 0.05) is 12.3 Å². The molecule has 8 aliphatic carbocycles. The van der Waals surface area contributed by atoms with E-state index in [1.807, 2.05) is 41.5 Å². The lowest BCUT2D eigenvalue weighted by atomic mass is 9.71. The predicted octanol–water partition coefficient (Wildman–Crippen LogP) is 23.6. The molecular weight excluding hydrogens is 1810 g/mol. The molecule has 14 aliphatic rings. The van der Waals surface area contributed by atoms with E-state index in [-0.39, 0.29) is 68.0 Å². The van der Waals surface area contributed by atoms with E-state index in [0.29, 0.717) is 109 Å². The molecule has 0 aromatic rings. The van der Waals surface area contributed by atoms with Gasteiger partial charge in [0.2, 0.25) is 0 Å². The maximum atomic E-state index is 10.6. The van der Waals surface area contributed by atoms with E-state index in [1.165, 1.54) is 109 Å². The number of rotatable bonds is 21. The first-order valence-electron chi connectivity index (χ1n) is 58.8. The zero-order valence-corrected chi connectivity index (χ0v) is 97.8. The van der Waals surface area contributed by atoms with Gasteiger partial charge in [-0.25, -0.2) is 0 Å². The molecular formula is C121H234O22. The molecule has 0 bridgehead atoms. The van der Waals surface area contributed by atoms with Crippen LogP contribution in [0.1, 0.15) is 433 Å². The highest BCUT2D eigenvalue weighted by molar-refractivity contribution is 5.70. The Hall–Kier alpha value is -1.78. The van der Waals surface area contributed by atoms with Crippen LogP contribution in [0.25, 0.3) is 0 Å². The minimum atomic E-state index is -0.957. The molecule has 0 aromatic carbocycles.